The van der Waals surface area contributed by atoms with Gasteiger partial charge in [0.05, 0.1) is 24.4 Å². The summed E-state index contributed by atoms with van der Waals surface area (Å²) in [7, 11) is 1.59. The molecule has 1 saturated heterocycles. The fourth-order valence-electron chi connectivity index (χ4n) is 4.04. The lowest BCUT2D eigenvalue weighted by Gasteiger charge is -2.18. The lowest BCUT2D eigenvalue weighted by Crippen LogP contribution is -2.28. The molecule has 0 bridgehead atoms. The van der Waals surface area contributed by atoms with E-state index < -0.39 is 5.92 Å². The minimum absolute atomic E-state index is 0.0783. The smallest absolute Gasteiger partial charge is 0.230 e. The third-order valence-electron chi connectivity index (χ3n) is 5.73. The van der Waals surface area contributed by atoms with Gasteiger partial charge in [0.25, 0.3) is 0 Å². The average molecular weight is 469 g/mol. The van der Waals surface area contributed by atoms with E-state index in [1.807, 2.05) is 30.3 Å². The van der Waals surface area contributed by atoms with Gasteiger partial charge in [-0.1, -0.05) is 17.7 Å². The van der Waals surface area contributed by atoms with Crippen LogP contribution >= 0.6 is 23.4 Å². The molecule has 32 heavy (non-hydrogen) atoms. The molecular weight excluding hydrogens is 448 g/mol. The lowest BCUT2D eigenvalue weighted by molar-refractivity contribution is -0.122. The number of thioether (sulfide) groups is 1. The summed E-state index contributed by atoms with van der Waals surface area (Å²) in [4.78, 5) is 27.5. The van der Waals surface area contributed by atoms with Gasteiger partial charge in [-0.05, 0) is 36.4 Å². The molecule has 2 amide bonds. The van der Waals surface area contributed by atoms with Crippen LogP contribution < -0.4 is 15.0 Å². The molecule has 7 nitrogen and oxygen atoms in total. The Hall–Kier alpha value is -2.97. The van der Waals surface area contributed by atoms with Crippen LogP contribution in [0.3, 0.4) is 0 Å². The quantitative estimate of drug-likeness (QED) is 0.605. The van der Waals surface area contributed by atoms with Crippen LogP contribution in [0.15, 0.2) is 48.5 Å². The van der Waals surface area contributed by atoms with Gasteiger partial charge < -0.3 is 15.0 Å². The van der Waals surface area contributed by atoms with Crippen molar-refractivity contribution in [1.82, 2.24) is 9.78 Å². The molecule has 1 atom stereocenters. The second-order valence-electron chi connectivity index (χ2n) is 7.75. The lowest BCUT2D eigenvalue weighted by atomic mass is 10.1. The van der Waals surface area contributed by atoms with Crippen molar-refractivity contribution in [2.75, 3.05) is 23.9 Å². The number of benzene rings is 2. The number of fused-ring (bicyclic) bond motifs is 1. The number of anilines is 2. The van der Waals surface area contributed by atoms with Gasteiger partial charge in [0, 0.05) is 46.8 Å². The van der Waals surface area contributed by atoms with Gasteiger partial charge in [-0.25, -0.2) is 4.68 Å². The molecule has 1 unspecified atom stereocenters. The van der Waals surface area contributed by atoms with Gasteiger partial charge in [0.1, 0.15) is 11.6 Å². The van der Waals surface area contributed by atoms with Gasteiger partial charge in [0.15, 0.2) is 0 Å². The number of ether oxygens (including phenoxy) is 1. The van der Waals surface area contributed by atoms with Crippen LogP contribution in [0.25, 0.3) is 5.69 Å². The Balaban J connectivity index is 1.39. The number of carbonyl (C=O) groups is 2. The summed E-state index contributed by atoms with van der Waals surface area (Å²) in [5, 5.41) is 8.42. The van der Waals surface area contributed by atoms with Crippen LogP contribution in [0.4, 0.5) is 11.5 Å². The van der Waals surface area contributed by atoms with E-state index in [0.717, 1.165) is 34.1 Å². The number of hydrogen-bond donors (Lipinski definition) is 1. The molecule has 0 radical (unpaired) electrons. The second kappa shape index (κ2) is 8.52. The Morgan fingerprint density at radius 3 is 2.78 bits per heavy atom. The molecule has 2 aliphatic heterocycles. The summed E-state index contributed by atoms with van der Waals surface area (Å²) in [6.07, 6.45) is 0.162. The van der Waals surface area contributed by atoms with Crippen molar-refractivity contribution < 1.29 is 14.3 Å². The third-order valence-corrected chi connectivity index (χ3v) is 6.95. The first-order chi connectivity index (χ1) is 15.5. The van der Waals surface area contributed by atoms with E-state index in [4.69, 9.17) is 21.4 Å². The van der Waals surface area contributed by atoms with Crippen LogP contribution in [0.1, 0.15) is 17.7 Å². The Bertz CT molecular complexity index is 1190. The SMILES string of the molecule is COc1cccc(N2CC(C(=O)Nc3c4c(nn3-c3ccc(Cl)cc3)CSC4)CC2=O)c1. The highest BCUT2D eigenvalue weighted by Gasteiger charge is 2.36. The first kappa shape index (κ1) is 20.9. The topological polar surface area (TPSA) is 76.5 Å². The van der Waals surface area contributed by atoms with Crippen LogP contribution in [0.5, 0.6) is 5.75 Å². The number of amides is 2. The first-order valence-corrected chi connectivity index (χ1v) is 11.8. The number of aromatic nitrogens is 2. The van der Waals surface area contributed by atoms with Crippen LogP contribution in [-0.2, 0) is 21.1 Å². The second-order valence-corrected chi connectivity index (χ2v) is 9.17. The summed E-state index contributed by atoms with van der Waals surface area (Å²) in [5.74, 6) is 2.23. The van der Waals surface area contributed by atoms with Gasteiger partial charge in [0.2, 0.25) is 11.8 Å². The zero-order valence-electron chi connectivity index (χ0n) is 17.4. The number of nitrogens with zero attached hydrogens (tertiary/aromatic N) is 3. The van der Waals surface area contributed by atoms with E-state index in [9.17, 15) is 9.59 Å². The molecule has 9 heteroatoms. The maximum atomic E-state index is 13.2. The van der Waals surface area contributed by atoms with Crippen LogP contribution in [0, 0.1) is 5.92 Å². The van der Waals surface area contributed by atoms with Crippen molar-refractivity contribution in [1.29, 1.82) is 0 Å². The van der Waals surface area contributed by atoms with Crippen LogP contribution in [-0.4, -0.2) is 35.2 Å². The predicted molar refractivity (Wildman–Crippen MR) is 126 cm³/mol. The molecule has 2 aromatic carbocycles. The number of carbonyl (C=O) groups excluding carboxylic acids is 2. The van der Waals surface area contributed by atoms with Crippen molar-refractivity contribution in [2.45, 2.75) is 17.9 Å². The molecule has 0 saturated carbocycles. The van der Waals surface area contributed by atoms with Crippen molar-refractivity contribution in [3.8, 4) is 11.4 Å². The number of methoxy groups -OCH3 is 1. The van der Waals surface area contributed by atoms with E-state index in [-0.39, 0.29) is 18.2 Å². The van der Waals surface area contributed by atoms with E-state index in [2.05, 4.69) is 5.32 Å². The predicted octanol–water partition coefficient (Wildman–Crippen LogP) is 4.27. The normalized spacial score (nSPS) is 17.5. The highest BCUT2D eigenvalue weighted by molar-refractivity contribution is 7.98. The van der Waals surface area contributed by atoms with Crippen molar-refractivity contribution in [3.63, 3.8) is 0 Å². The Morgan fingerprint density at radius 1 is 1.19 bits per heavy atom. The molecular formula is C23H21ClN4O3S. The van der Waals surface area contributed by atoms with Crippen LogP contribution in [0.2, 0.25) is 5.02 Å². The zero-order valence-corrected chi connectivity index (χ0v) is 18.9. The van der Waals surface area contributed by atoms with Crippen molar-refractivity contribution in [2.24, 2.45) is 5.92 Å². The van der Waals surface area contributed by atoms with E-state index in [0.29, 0.717) is 23.1 Å². The highest BCUT2D eigenvalue weighted by atomic mass is 35.5. The van der Waals surface area contributed by atoms with Gasteiger partial charge in [-0.2, -0.15) is 16.9 Å². The molecule has 3 aromatic rings. The molecule has 2 aliphatic rings. The molecule has 1 aromatic heterocycles. The molecule has 3 heterocycles. The summed E-state index contributed by atoms with van der Waals surface area (Å²) in [6.45, 7) is 0.323. The molecule has 1 fully saturated rings. The van der Waals surface area contributed by atoms with Gasteiger partial charge in [-0.15, -0.1) is 0 Å². The summed E-state index contributed by atoms with van der Waals surface area (Å²) >= 11 is 7.80. The van der Waals surface area contributed by atoms with Crippen molar-refractivity contribution >= 4 is 46.7 Å². The van der Waals surface area contributed by atoms with Gasteiger partial charge >= 0.3 is 0 Å². The maximum Gasteiger partial charge on any atom is 0.230 e. The fraction of sp³-hybridized carbons (Fsp3) is 0.261. The van der Waals surface area contributed by atoms with E-state index in [1.54, 1.807) is 46.7 Å². The minimum Gasteiger partial charge on any atom is -0.497 e. The van der Waals surface area contributed by atoms with Gasteiger partial charge in [-0.3, -0.25) is 9.59 Å². The zero-order chi connectivity index (χ0) is 22.2. The fourth-order valence-corrected chi connectivity index (χ4v) is 5.20. The molecule has 0 spiro atoms. The molecule has 0 aliphatic carbocycles. The third kappa shape index (κ3) is 3.84. The standard InChI is InChI=1S/C23H21ClN4O3S/c1-31-18-4-2-3-17(10-18)27-11-14(9-21(27)29)23(30)25-22-19-12-32-13-20(19)26-28(22)16-7-5-15(24)6-8-16/h2-8,10,14H,9,11-13H2,1H3,(H,25,30). The van der Waals surface area contributed by atoms with Crippen molar-refractivity contribution in [3.05, 3.63) is 64.8 Å². The highest BCUT2D eigenvalue weighted by Crippen LogP contribution is 2.37. The summed E-state index contributed by atoms with van der Waals surface area (Å²) in [6, 6.07) is 14.6. The largest absolute Gasteiger partial charge is 0.497 e. The maximum absolute atomic E-state index is 13.2. The average Bonchev–Trinajstić information content (AvgIpc) is 3.50. The number of nitrogens with one attached hydrogen (secondary N) is 1. The van der Waals surface area contributed by atoms with E-state index >= 15 is 0 Å². The molecule has 164 valence electrons. The summed E-state index contributed by atoms with van der Waals surface area (Å²) in [5.41, 5.74) is 3.56. The monoisotopic (exact) mass is 468 g/mol. The first-order valence-electron chi connectivity index (χ1n) is 10.2. The number of hydrogen-bond acceptors (Lipinski definition) is 5. The Morgan fingerprint density at radius 2 is 2.00 bits per heavy atom. The Kier molecular flexibility index (Phi) is 5.57. The Labute approximate surface area is 194 Å². The number of halogens is 1. The summed E-state index contributed by atoms with van der Waals surface area (Å²) < 4.78 is 7.02. The molecule has 1 N–H and O–H groups in total. The number of rotatable bonds is 5. The minimum atomic E-state index is -0.452. The van der Waals surface area contributed by atoms with E-state index in [1.165, 1.54) is 0 Å². The molecule has 5 rings (SSSR count).